The number of rotatable bonds is 1. The van der Waals surface area contributed by atoms with E-state index in [2.05, 4.69) is 4.74 Å². The smallest absolute Gasteiger partial charge is 0.337 e. The number of esters is 1. The predicted octanol–water partition coefficient (Wildman–Crippen LogP) is 3.72. The van der Waals surface area contributed by atoms with Gasteiger partial charge in [0.15, 0.2) is 0 Å². The largest absolute Gasteiger partial charge is 0.465 e. The lowest BCUT2D eigenvalue weighted by Crippen LogP contribution is -2.04. The van der Waals surface area contributed by atoms with Crippen LogP contribution >= 0.6 is 0 Å². The third-order valence-corrected chi connectivity index (χ3v) is 2.01. The maximum atomic E-state index is 11.2. The fourth-order valence-corrected chi connectivity index (χ4v) is 1.21. The minimum absolute atomic E-state index is 0.328. The zero-order valence-corrected chi connectivity index (χ0v) is 12.0. The van der Waals surface area contributed by atoms with Crippen LogP contribution in [0.2, 0.25) is 0 Å². The zero-order chi connectivity index (χ0) is 14.0. The molecule has 0 spiro atoms. The van der Waals surface area contributed by atoms with Crippen molar-refractivity contribution in [2.45, 2.75) is 41.5 Å². The van der Waals surface area contributed by atoms with Gasteiger partial charge in [-0.1, -0.05) is 27.7 Å². The number of hydrogen-bond acceptors (Lipinski definition) is 3. The van der Waals surface area contributed by atoms with Crippen molar-refractivity contribution in [1.82, 2.24) is 0 Å². The third-order valence-electron chi connectivity index (χ3n) is 2.01. The SMILES string of the molecule is CC.CC.COC(=O)c1cc(C)c(N)c(C)c1. The van der Waals surface area contributed by atoms with Gasteiger partial charge in [0.1, 0.15) is 0 Å². The number of benzene rings is 1. The predicted molar refractivity (Wildman–Crippen MR) is 74.4 cm³/mol. The van der Waals surface area contributed by atoms with Gasteiger partial charge in [-0.05, 0) is 37.1 Å². The highest BCUT2D eigenvalue weighted by atomic mass is 16.5. The fourth-order valence-electron chi connectivity index (χ4n) is 1.21. The Labute approximate surface area is 105 Å². The van der Waals surface area contributed by atoms with Crippen molar-refractivity contribution in [3.63, 3.8) is 0 Å². The van der Waals surface area contributed by atoms with Crippen LogP contribution in [0, 0.1) is 13.8 Å². The normalized spacial score (nSPS) is 8.18. The average molecular weight is 239 g/mol. The molecule has 17 heavy (non-hydrogen) atoms. The van der Waals surface area contributed by atoms with Crippen LogP contribution in [-0.2, 0) is 4.74 Å². The van der Waals surface area contributed by atoms with Gasteiger partial charge in [-0.3, -0.25) is 0 Å². The molecule has 2 N–H and O–H groups in total. The maximum absolute atomic E-state index is 11.2. The number of carbonyl (C=O) groups is 1. The van der Waals surface area contributed by atoms with Crippen molar-refractivity contribution in [1.29, 1.82) is 0 Å². The average Bonchev–Trinajstić information content (AvgIpc) is 2.39. The van der Waals surface area contributed by atoms with E-state index in [-0.39, 0.29) is 5.97 Å². The first-order chi connectivity index (χ1) is 8.06. The zero-order valence-electron chi connectivity index (χ0n) is 12.0. The molecule has 0 unspecified atom stereocenters. The Morgan fingerprint density at radius 3 is 1.71 bits per heavy atom. The molecule has 0 aliphatic carbocycles. The number of aryl methyl sites for hydroxylation is 2. The van der Waals surface area contributed by atoms with E-state index in [4.69, 9.17) is 5.73 Å². The van der Waals surface area contributed by atoms with Crippen LogP contribution in [0.5, 0.6) is 0 Å². The first-order valence-electron chi connectivity index (χ1n) is 6.01. The van der Waals surface area contributed by atoms with E-state index in [9.17, 15) is 4.79 Å². The highest BCUT2D eigenvalue weighted by Gasteiger charge is 2.08. The molecule has 0 aromatic heterocycles. The number of nitrogen functional groups attached to an aromatic ring is 1. The van der Waals surface area contributed by atoms with Gasteiger partial charge < -0.3 is 10.5 Å². The van der Waals surface area contributed by atoms with E-state index < -0.39 is 0 Å². The van der Waals surface area contributed by atoms with Crippen LogP contribution in [0.1, 0.15) is 49.2 Å². The van der Waals surface area contributed by atoms with Crippen molar-refractivity contribution < 1.29 is 9.53 Å². The molecule has 0 saturated carbocycles. The molecule has 1 aromatic carbocycles. The molecule has 0 amide bonds. The second kappa shape index (κ2) is 9.70. The highest BCUT2D eigenvalue weighted by molar-refractivity contribution is 5.90. The summed E-state index contributed by atoms with van der Waals surface area (Å²) >= 11 is 0. The standard InChI is InChI=1S/C10H13NO2.2C2H6/c1-6-4-8(10(12)13-3)5-7(2)9(6)11;2*1-2/h4-5H,11H2,1-3H3;2*1-2H3. The number of carbonyl (C=O) groups excluding carboxylic acids is 1. The van der Waals surface area contributed by atoms with Crippen molar-refractivity contribution in [3.8, 4) is 0 Å². The minimum Gasteiger partial charge on any atom is -0.465 e. The summed E-state index contributed by atoms with van der Waals surface area (Å²) in [5, 5.41) is 0. The first-order valence-corrected chi connectivity index (χ1v) is 6.01. The number of hydrogen-bond donors (Lipinski definition) is 1. The summed E-state index contributed by atoms with van der Waals surface area (Å²) in [5.41, 5.74) is 8.82. The van der Waals surface area contributed by atoms with Gasteiger partial charge >= 0.3 is 5.97 Å². The van der Waals surface area contributed by atoms with E-state index >= 15 is 0 Å². The Balaban J connectivity index is 0. The molecule has 0 atom stereocenters. The highest BCUT2D eigenvalue weighted by Crippen LogP contribution is 2.18. The summed E-state index contributed by atoms with van der Waals surface area (Å²) in [6.45, 7) is 11.7. The Morgan fingerprint density at radius 2 is 1.41 bits per heavy atom. The molecule has 3 heteroatoms. The van der Waals surface area contributed by atoms with Gasteiger partial charge in [-0.25, -0.2) is 4.79 Å². The molecule has 98 valence electrons. The van der Waals surface area contributed by atoms with Crippen LogP contribution < -0.4 is 5.73 Å². The lowest BCUT2D eigenvalue weighted by Gasteiger charge is -2.06. The number of ether oxygens (including phenoxy) is 1. The molecule has 0 bridgehead atoms. The van der Waals surface area contributed by atoms with Gasteiger partial charge in [0.25, 0.3) is 0 Å². The van der Waals surface area contributed by atoms with Crippen molar-refractivity contribution >= 4 is 11.7 Å². The van der Waals surface area contributed by atoms with Gasteiger partial charge in [0, 0.05) is 5.69 Å². The molecule has 0 aliphatic rings. The summed E-state index contributed by atoms with van der Waals surface area (Å²) < 4.78 is 4.61. The second-order valence-electron chi connectivity index (χ2n) is 3.02. The maximum Gasteiger partial charge on any atom is 0.337 e. The lowest BCUT2D eigenvalue weighted by molar-refractivity contribution is 0.0600. The van der Waals surface area contributed by atoms with Crippen molar-refractivity contribution in [2.75, 3.05) is 12.8 Å². The molecule has 0 heterocycles. The summed E-state index contributed by atoms with van der Waals surface area (Å²) in [6.07, 6.45) is 0. The molecule has 3 nitrogen and oxygen atoms in total. The molecular formula is C14H25NO2. The van der Waals surface area contributed by atoms with Crippen LogP contribution in [-0.4, -0.2) is 13.1 Å². The van der Waals surface area contributed by atoms with E-state index in [1.807, 2.05) is 41.5 Å². The monoisotopic (exact) mass is 239 g/mol. The molecule has 1 rings (SSSR count). The first kappa shape index (κ1) is 17.9. The second-order valence-corrected chi connectivity index (χ2v) is 3.02. The van der Waals surface area contributed by atoms with E-state index in [1.165, 1.54) is 7.11 Å². The van der Waals surface area contributed by atoms with Gasteiger partial charge in [0.05, 0.1) is 12.7 Å². The molecule has 0 aliphatic heterocycles. The number of nitrogens with two attached hydrogens (primary N) is 1. The van der Waals surface area contributed by atoms with Crippen molar-refractivity contribution in [3.05, 3.63) is 28.8 Å². The molecule has 0 radical (unpaired) electrons. The van der Waals surface area contributed by atoms with Gasteiger partial charge in [0.2, 0.25) is 0 Å². The summed E-state index contributed by atoms with van der Waals surface area (Å²) in [5.74, 6) is -0.328. The summed E-state index contributed by atoms with van der Waals surface area (Å²) in [7, 11) is 1.36. The van der Waals surface area contributed by atoms with E-state index in [1.54, 1.807) is 12.1 Å². The number of anilines is 1. The summed E-state index contributed by atoms with van der Waals surface area (Å²) in [4.78, 5) is 11.2. The van der Waals surface area contributed by atoms with Crippen LogP contribution in [0.4, 0.5) is 5.69 Å². The van der Waals surface area contributed by atoms with Crippen LogP contribution in [0.3, 0.4) is 0 Å². The Bertz CT molecular complexity index is 323. The van der Waals surface area contributed by atoms with Crippen molar-refractivity contribution in [2.24, 2.45) is 0 Å². The van der Waals surface area contributed by atoms with Crippen LogP contribution in [0.25, 0.3) is 0 Å². The van der Waals surface area contributed by atoms with Gasteiger partial charge in [-0.2, -0.15) is 0 Å². The third kappa shape index (κ3) is 5.38. The Hall–Kier alpha value is -1.51. The number of methoxy groups -OCH3 is 1. The van der Waals surface area contributed by atoms with Crippen LogP contribution in [0.15, 0.2) is 12.1 Å². The Morgan fingerprint density at radius 1 is 1.06 bits per heavy atom. The molecule has 0 saturated heterocycles. The van der Waals surface area contributed by atoms with Gasteiger partial charge in [-0.15, -0.1) is 0 Å². The molecular weight excluding hydrogens is 214 g/mol. The molecule has 1 aromatic rings. The summed E-state index contributed by atoms with van der Waals surface area (Å²) in [6, 6.07) is 3.46. The molecule has 0 fully saturated rings. The minimum atomic E-state index is -0.328. The Kier molecular flexibility index (Phi) is 10.2. The quantitative estimate of drug-likeness (QED) is 0.600. The topological polar surface area (TPSA) is 52.3 Å². The fraction of sp³-hybridized carbons (Fsp3) is 0.500. The van der Waals surface area contributed by atoms with E-state index in [0.29, 0.717) is 5.56 Å². The van der Waals surface area contributed by atoms with E-state index in [0.717, 1.165) is 16.8 Å². The lowest BCUT2D eigenvalue weighted by atomic mass is 10.1.